The summed E-state index contributed by atoms with van der Waals surface area (Å²) >= 11 is 0. The van der Waals surface area contributed by atoms with Crippen LogP contribution in [0.2, 0.25) is 0 Å². The Morgan fingerprint density at radius 3 is 2.52 bits per heavy atom. The van der Waals surface area contributed by atoms with Crippen LogP contribution in [0.15, 0.2) is 48.5 Å². The van der Waals surface area contributed by atoms with Crippen molar-refractivity contribution in [2.24, 2.45) is 0 Å². The first-order valence-electron chi connectivity index (χ1n) is 7.47. The molecule has 0 saturated heterocycles. The van der Waals surface area contributed by atoms with E-state index in [0.29, 0.717) is 0 Å². The minimum Gasteiger partial charge on any atom is -0.355 e. The lowest BCUT2D eigenvalue weighted by Crippen LogP contribution is -3.10. The van der Waals surface area contributed by atoms with E-state index in [-0.39, 0.29) is 5.91 Å². The zero-order valence-electron chi connectivity index (χ0n) is 12.4. The second-order valence-corrected chi connectivity index (χ2v) is 5.65. The molecule has 3 nitrogen and oxygen atoms in total. The summed E-state index contributed by atoms with van der Waals surface area (Å²) in [6.07, 6.45) is 1.15. The van der Waals surface area contributed by atoms with Crippen molar-refractivity contribution in [1.82, 2.24) is 5.32 Å². The maximum absolute atomic E-state index is 11.5. The number of carbonyl (C=O) groups is 1. The molecule has 3 heteroatoms. The summed E-state index contributed by atoms with van der Waals surface area (Å²) in [5.41, 5.74) is 4.98. The van der Waals surface area contributed by atoms with Crippen LogP contribution in [0.5, 0.6) is 0 Å². The van der Waals surface area contributed by atoms with Gasteiger partial charge in [0.25, 0.3) is 5.91 Å². The Hall–Kier alpha value is -2.13. The zero-order valence-corrected chi connectivity index (χ0v) is 12.4. The molecule has 3 rings (SSSR count). The van der Waals surface area contributed by atoms with E-state index in [9.17, 15) is 4.79 Å². The Morgan fingerprint density at radius 2 is 1.81 bits per heavy atom. The number of rotatable bonds is 3. The molecule has 2 N–H and O–H groups in total. The van der Waals surface area contributed by atoms with Crippen LogP contribution in [0, 0.1) is 0 Å². The third kappa shape index (κ3) is 3.14. The van der Waals surface area contributed by atoms with Gasteiger partial charge in [-0.1, -0.05) is 36.4 Å². The van der Waals surface area contributed by atoms with Crippen LogP contribution >= 0.6 is 0 Å². The maximum atomic E-state index is 11.5. The molecule has 0 aliphatic carbocycles. The highest BCUT2D eigenvalue weighted by Crippen LogP contribution is 2.11. The van der Waals surface area contributed by atoms with Crippen molar-refractivity contribution in [3.8, 4) is 0 Å². The fraction of sp³-hybridized carbons (Fsp3) is 0.278. The topological polar surface area (TPSA) is 33.5 Å². The number of amides is 1. The number of carbonyl (C=O) groups excluding carboxylic acids is 1. The first kappa shape index (κ1) is 13.8. The van der Waals surface area contributed by atoms with Gasteiger partial charge in [0, 0.05) is 30.2 Å². The summed E-state index contributed by atoms with van der Waals surface area (Å²) in [7, 11) is 1.66. The van der Waals surface area contributed by atoms with E-state index in [0.717, 1.165) is 25.1 Å². The Labute approximate surface area is 125 Å². The van der Waals surface area contributed by atoms with Gasteiger partial charge >= 0.3 is 0 Å². The van der Waals surface area contributed by atoms with E-state index in [1.165, 1.54) is 23.2 Å². The molecule has 1 aliphatic heterocycles. The van der Waals surface area contributed by atoms with Crippen LogP contribution < -0.4 is 10.2 Å². The highest BCUT2D eigenvalue weighted by molar-refractivity contribution is 5.93. The molecular weight excluding hydrogens is 260 g/mol. The molecule has 0 bridgehead atoms. The quantitative estimate of drug-likeness (QED) is 0.870. The predicted octanol–water partition coefficient (Wildman–Crippen LogP) is 1.19. The van der Waals surface area contributed by atoms with Crippen LogP contribution in [-0.2, 0) is 19.5 Å². The average Bonchev–Trinajstić information content (AvgIpc) is 2.55. The smallest absolute Gasteiger partial charge is 0.251 e. The van der Waals surface area contributed by atoms with Crippen LogP contribution in [0.1, 0.15) is 27.0 Å². The minimum atomic E-state index is -0.0270. The summed E-state index contributed by atoms with van der Waals surface area (Å²) < 4.78 is 0. The number of quaternary nitrogens is 1. The number of nitrogens with one attached hydrogen (secondary N) is 2. The molecule has 0 saturated carbocycles. The van der Waals surface area contributed by atoms with E-state index in [1.807, 2.05) is 12.1 Å². The van der Waals surface area contributed by atoms with Gasteiger partial charge < -0.3 is 10.2 Å². The van der Waals surface area contributed by atoms with Gasteiger partial charge in [0.05, 0.1) is 6.54 Å². The molecule has 108 valence electrons. The van der Waals surface area contributed by atoms with Gasteiger partial charge in [-0.25, -0.2) is 0 Å². The van der Waals surface area contributed by atoms with E-state index in [4.69, 9.17) is 0 Å². The van der Waals surface area contributed by atoms with Gasteiger partial charge in [-0.05, 0) is 17.7 Å². The molecule has 1 aliphatic rings. The van der Waals surface area contributed by atoms with E-state index < -0.39 is 0 Å². The summed E-state index contributed by atoms with van der Waals surface area (Å²) in [5.74, 6) is -0.0270. The van der Waals surface area contributed by atoms with Crippen molar-refractivity contribution >= 4 is 5.91 Å². The molecular formula is C18H21N2O+. The number of hydrogen-bond acceptors (Lipinski definition) is 1. The van der Waals surface area contributed by atoms with Crippen LogP contribution in [0.4, 0.5) is 0 Å². The Morgan fingerprint density at radius 1 is 1.10 bits per heavy atom. The molecule has 1 atom stereocenters. The van der Waals surface area contributed by atoms with Crippen molar-refractivity contribution in [3.63, 3.8) is 0 Å². The Kier molecular flexibility index (Phi) is 4.02. The van der Waals surface area contributed by atoms with Gasteiger partial charge in [0.15, 0.2) is 0 Å². The third-order valence-electron chi connectivity index (χ3n) is 4.20. The lowest BCUT2D eigenvalue weighted by Gasteiger charge is -2.26. The highest BCUT2D eigenvalue weighted by Gasteiger charge is 2.18. The fourth-order valence-electron chi connectivity index (χ4n) is 3.00. The Bertz CT molecular complexity index is 634. The zero-order chi connectivity index (χ0) is 14.7. The second kappa shape index (κ2) is 6.10. The minimum absolute atomic E-state index is 0.0270. The molecule has 0 spiro atoms. The van der Waals surface area contributed by atoms with Gasteiger partial charge in [0.2, 0.25) is 0 Å². The van der Waals surface area contributed by atoms with Crippen molar-refractivity contribution in [2.45, 2.75) is 19.5 Å². The normalized spacial score (nSPS) is 17.1. The SMILES string of the molecule is CNC(=O)c1ccc(C[NH+]2CCc3ccccc3C2)cc1. The van der Waals surface area contributed by atoms with Crippen molar-refractivity contribution < 1.29 is 9.69 Å². The van der Waals surface area contributed by atoms with Crippen LogP contribution in [0.25, 0.3) is 0 Å². The first-order valence-corrected chi connectivity index (χ1v) is 7.47. The Balaban J connectivity index is 1.66. The van der Waals surface area contributed by atoms with E-state index in [2.05, 4.69) is 41.7 Å². The van der Waals surface area contributed by atoms with Gasteiger partial charge in [0.1, 0.15) is 13.1 Å². The van der Waals surface area contributed by atoms with Gasteiger partial charge in [-0.2, -0.15) is 0 Å². The number of hydrogen-bond donors (Lipinski definition) is 2. The fourth-order valence-corrected chi connectivity index (χ4v) is 3.00. The molecule has 1 heterocycles. The standard InChI is InChI=1S/C18H20N2O/c1-19-18(21)16-8-6-14(7-9-16)12-20-11-10-15-4-2-3-5-17(15)13-20/h2-9H,10-13H2,1H3,(H,19,21)/p+1. The second-order valence-electron chi connectivity index (χ2n) is 5.65. The van der Waals surface area contributed by atoms with Crippen molar-refractivity contribution in [3.05, 3.63) is 70.8 Å². The monoisotopic (exact) mass is 281 g/mol. The predicted molar refractivity (Wildman–Crippen MR) is 83.2 cm³/mol. The average molecular weight is 281 g/mol. The lowest BCUT2D eigenvalue weighted by molar-refractivity contribution is -0.929. The van der Waals surface area contributed by atoms with Crippen molar-refractivity contribution in [1.29, 1.82) is 0 Å². The molecule has 0 fully saturated rings. The maximum Gasteiger partial charge on any atom is 0.251 e. The molecule has 2 aromatic rings. The van der Waals surface area contributed by atoms with Crippen LogP contribution in [0.3, 0.4) is 0 Å². The number of fused-ring (bicyclic) bond motifs is 1. The van der Waals surface area contributed by atoms with E-state index >= 15 is 0 Å². The van der Waals surface area contributed by atoms with Gasteiger partial charge in [-0.15, -0.1) is 0 Å². The third-order valence-corrected chi connectivity index (χ3v) is 4.20. The first-order chi connectivity index (χ1) is 10.3. The highest BCUT2D eigenvalue weighted by atomic mass is 16.1. The molecule has 1 amide bonds. The molecule has 0 aromatic heterocycles. The van der Waals surface area contributed by atoms with Gasteiger partial charge in [-0.3, -0.25) is 4.79 Å². The van der Waals surface area contributed by atoms with Crippen LogP contribution in [-0.4, -0.2) is 19.5 Å². The summed E-state index contributed by atoms with van der Waals surface area (Å²) in [6.45, 7) is 3.28. The summed E-state index contributed by atoms with van der Waals surface area (Å²) in [6, 6.07) is 16.7. The largest absolute Gasteiger partial charge is 0.355 e. The van der Waals surface area contributed by atoms with Crippen molar-refractivity contribution in [2.75, 3.05) is 13.6 Å². The molecule has 0 radical (unpaired) electrons. The van der Waals surface area contributed by atoms with E-state index in [1.54, 1.807) is 11.9 Å². The summed E-state index contributed by atoms with van der Waals surface area (Å²) in [4.78, 5) is 13.1. The molecule has 21 heavy (non-hydrogen) atoms. The molecule has 1 unspecified atom stereocenters. The number of benzene rings is 2. The summed E-state index contributed by atoms with van der Waals surface area (Å²) in [5, 5.41) is 2.65. The molecule has 2 aromatic carbocycles. The lowest BCUT2D eigenvalue weighted by atomic mass is 9.99.